The highest BCUT2D eigenvalue weighted by atomic mass is 127. The van der Waals surface area contributed by atoms with E-state index in [1.807, 2.05) is 48.5 Å². The van der Waals surface area contributed by atoms with Gasteiger partial charge in [-0.3, -0.25) is 10.2 Å². The monoisotopic (exact) mass is 376 g/mol. The Balaban J connectivity index is 0.000000253. The first kappa shape index (κ1) is 16.9. The Morgan fingerprint density at radius 2 is 1.39 bits per heavy atom. The third-order valence-electron chi connectivity index (χ3n) is 1.53. The number of nitrogens with two attached hydrogens (primary N) is 1. The van der Waals surface area contributed by atoms with Crippen LogP contribution in [0.15, 0.2) is 60.7 Å². The Labute approximate surface area is 125 Å². The molecule has 0 saturated carbocycles. The molecule has 0 fully saturated rings. The van der Waals surface area contributed by atoms with Crippen LogP contribution in [0.2, 0.25) is 5.02 Å². The third-order valence-corrected chi connectivity index (χ3v) is 2.51. The summed E-state index contributed by atoms with van der Waals surface area (Å²) >= 11 is 7.82. The van der Waals surface area contributed by atoms with Crippen molar-refractivity contribution in [1.29, 1.82) is 0 Å². The molecule has 1 amide bonds. The van der Waals surface area contributed by atoms with E-state index in [0.717, 1.165) is 5.02 Å². The van der Waals surface area contributed by atoms with Crippen molar-refractivity contribution in [2.75, 3.05) is 0 Å². The van der Waals surface area contributed by atoms with Crippen LogP contribution >= 0.6 is 34.2 Å². The van der Waals surface area contributed by atoms with Gasteiger partial charge in [-0.25, -0.2) is 5.84 Å². The summed E-state index contributed by atoms with van der Waals surface area (Å²) in [6, 6.07) is 19.7. The molecule has 0 aliphatic heterocycles. The van der Waals surface area contributed by atoms with Gasteiger partial charge in [0.2, 0.25) is 6.41 Å². The van der Waals surface area contributed by atoms with Crippen molar-refractivity contribution in [3.8, 4) is 0 Å². The molecule has 3 N–H and O–H groups in total. The fourth-order valence-corrected chi connectivity index (χ4v) is 1.39. The number of hydrazine groups is 1. The molecule has 2 aromatic rings. The van der Waals surface area contributed by atoms with Gasteiger partial charge in [-0.05, 0) is 46.9 Å². The minimum absolute atomic E-state index is 0.403. The van der Waals surface area contributed by atoms with Crippen molar-refractivity contribution in [2.45, 2.75) is 0 Å². The second-order valence-electron chi connectivity index (χ2n) is 2.88. The molecule has 0 heterocycles. The van der Waals surface area contributed by atoms with Gasteiger partial charge in [-0.2, -0.15) is 0 Å². The molecule has 18 heavy (non-hydrogen) atoms. The van der Waals surface area contributed by atoms with E-state index in [-0.39, 0.29) is 0 Å². The maximum absolute atomic E-state index is 8.94. The molecule has 0 aliphatic carbocycles. The summed E-state index contributed by atoms with van der Waals surface area (Å²) in [6.07, 6.45) is 0.403. The van der Waals surface area contributed by atoms with Crippen molar-refractivity contribution < 1.29 is 4.79 Å². The first-order chi connectivity index (χ1) is 8.70. The molecule has 0 aliphatic rings. The number of halogens is 2. The molecular weight excluding hydrogens is 363 g/mol. The number of rotatable bonds is 1. The lowest BCUT2D eigenvalue weighted by Gasteiger charge is -1.80. The standard InChI is InChI=1S/C6H5Cl.C6H5I.CH4N2O/c2*7-6-4-2-1-3-5-6;2-3-1-4/h2*1-5H;1H,2H2,(H,3,4). The molecular formula is C13H14ClIN2O. The van der Waals surface area contributed by atoms with Crippen LogP contribution < -0.4 is 11.3 Å². The molecule has 0 aromatic heterocycles. The van der Waals surface area contributed by atoms with Crippen LogP contribution in [-0.2, 0) is 4.79 Å². The number of carbonyl (C=O) groups excluding carboxylic acids is 1. The van der Waals surface area contributed by atoms with Crippen molar-refractivity contribution in [2.24, 2.45) is 5.84 Å². The number of nitrogens with one attached hydrogen (secondary N) is 1. The maximum Gasteiger partial charge on any atom is 0.221 e. The summed E-state index contributed by atoms with van der Waals surface area (Å²) in [5.41, 5.74) is 1.75. The highest BCUT2D eigenvalue weighted by Gasteiger charge is 1.75. The summed E-state index contributed by atoms with van der Waals surface area (Å²) < 4.78 is 1.29. The lowest BCUT2D eigenvalue weighted by Crippen LogP contribution is -2.18. The lowest BCUT2D eigenvalue weighted by atomic mass is 10.4. The maximum atomic E-state index is 8.94. The normalized spacial score (nSPS) is 7.94. The number of benzene rings is 2. The Kier molecular flexibility index (Phi) is 11.6. The van der Waals surface area contributed by atoms with Crippen molar-refractivity contribution >= 4 is 40.6 Å². The number of carbonyl (C=O) groups is 1. The second kappa shape index (κ2) is 12.3. The van der Waals surface area contributed by atoms with Crippen molar-refractivity contribution in [1.82, 2.24) is 5.43 Å². The zero-order valence-electron chi connectivity index (χ0n) is 9.59. The van der Waals surface area contributed by atoms with Gasteiger partial charge >= 0.3 is 0 Å². The third kappa shape index (κ3) is 11.4. The molecule has 0 radical (unpaired) electrons. The van der Waals surface area contributed by atoms with Gasteiger partial charge in [0.25, 0.3) is 0 Å². The zero-order chi connectivity index (χ0) is 13.6. The first-order valence-corrected chi connectivity index (χ1v) is 6.47. The SMILES string of the molecule is Clc1ccccc1.Ic1ccccc1.NNC=O. The Morgan fingerprint density at radius 3 is 1.56 bits per heavy atom. The van der Waals surface area contributed by atoms with Crippen LogP contribution in [0.1, 0.15) is 0 Å². The predicted octanol–water partition coefficient (Wildman–Crippen LogP) is 3.24. The van der Waals surface area contributed by atoms with Gasteiger partial charge in [0.05, 0.1) is 0 Å². The summed E-state index contributed by atoms with van der Waals surface area (Å²) in [5.74, 6) is 4.41. The summed E-state index contributed by atoms with van der Waals surface area (Å²) in [6.45, 7) is 0. The van der Waals surface area contributed by atoms with Crippen LogP contribution in [0.3, 0.4) is 0 Å². The van der Waals surface area contributed by atoms with Gasteiger partial charge in [-0.1, -0.05) is 48.0 Å². The highest BCUT2D eigenvalue weighted by molar-refractivity contribution is 14.1. The van der Waals surface area contributed by atoms with E-state index >= 15 is 0 Å². The Morgan fingerprint density at radius 1 is 1.00 bits per heavy atom. The predicted molar refractivity (Wildman–Crippen MR) is 84.0 cm³/mol. The summed E-state index contributed by atoms with van der Waals surface area (Å²) in [7, 11) is 0. The molecule has 2 rings (SSSR count). The quantitative estimate of drug-likeness (QED) is 0.264. The van der Waals surface area contributed by atoms with Gasteiger partial charge in [0, 0.05) is 8.59 Å². The van der Waals surface area contributed by atoms with Crippen molar-refractivity contribution in [3.63, 3.8) is 0 Å². The summed E-state index contributed by atoms with van der Waals surface area (Å²) in [4.78, 5) is 8.94. The van der Waals surface area contributed by atoms with E-state index in [2.05, 4.69) is 40.6 Å². The first-order valence-electron chi connectivity index (χ1n) is 5.01. The molecule has 0 atom stereocenters. The topological polar surface area (TPSA) is 55.1 Å². The fraction of sp³-hybridized carbons (Fsp3) is 0. The van der Waals surface area contributed by atoms with E-state index in [9.17, 15) is 0 Å². The van der Waals surface area contributed by atoms with Crippen LogP contribution in [-0.4, -0.2) is 6.41 Å². The molecule has 0 unspecified atom stereocenters. The van der Waals surface area contributed by atoms with Gasteiger partial charge in [0.1, 0.15) is 0 Å². The van der Waals surface area contributed by atoms with Crippen molar-refractivity contribution in [3.05, 3.63) is 69.3 Å². The smallest absolute Gasteiger partial charge is 0.221 e. The Bertz CT molecular complexity index is 374. The molecule has 0 saturated heterocycles. The fourth-order valence-electron chi connectivity index (χ4n) is 0.829. The van der Waals surface area contributed by atoms with Crippen LogP contribution in [0, 0.1) is 3.57 Å². The molecule has 96 valence electrons. The van der Waals surface area contributed by atoms with Crippen LogP contribution in [0.5, 0.6) is 0 Å². The Hall–Kier alpha value is -1.11. The van der Waals surface area contributed by atoms with E-state index in [1.54, 1.807) is 5.43 Å². The van der Waals surface area contributed by atoms with Gasteiger partial charge < -0.3 is 0 Å². The van der Waals surface area contributed by atoms with E-state index in [0.29, 0.717) is 6.41 Å². The minimum Gasteiger partial charge on any atom is -0.297 e. The van der Waals surface area contributed by atoms with Crippen LogP contribution in [0.4, 0.5) is 0 Å². The average Bonchev–Trinajstić information content (AvgIpc) is 2.41. The average molecular weight is 377 g/mol. The molecule has 0 spiro atoms. The molecule has 5 heteroatoms. The van der Waals surface area contributed by atoms with E-state index < -0.39 is 0 Å². The van der Waals surface area contributed by atoms with Crippen LogP contribution in [0.25, 0.3) is 0 Å². The van der Waals surface area contributed by atoms with Gasteiger partial charge in [-0.15, -0.1) is 0 Å². The minimum atomic E-state index is 0.403. The summed E-state index contributed by atoms with van der Waals surface area (Å²) in [5, 5.41) is 0.794. The second-order valence-corrected chi connectivity index (χ2v) is 4.56. The van der Waals surface area contributed by atoms with E-state index in [1.165, 1.54) is 3.57 Å². The number of amides is 1. The van der Waals surface area contributed by atoms with E-state index in [4.69, 9.17) is 16.4 Å². The number of hydrogen-bond donors (Lipinski definition) is 2. The largest absolute Gasteiger partial charge is 0.297 e. The highest BCUT2D eigenvalue weighted by Crippen LogP contribution is 2.03. The molecule has 0 bridgehead atoms. The van der Waals surface area contributed by atoms with Gasteiger partial charge in [0.15, 0.2) is 0 Å². The molecule has 3 nitrogen and oxygen atoms in total. The lowest BCUT2D eigenvalue weighted by molar-refractivity contribution is -0.109. The zero-order valence-corrected chi connectivity index (χ0v) is 12.5. The molecule has 2 aromatic carbocycles. The number of hydrogen-bond acceptors (Lipinski definition) is 2.